The molecule has 204 valence electrons. The fourth-order valence-corrected chi connectivity index (χ4v) is 4.81. The highest BCUT2D eigenvalue weighted by Crippen LogP contribution is 2.50. The Bertz CT molecular complexity index is 1110. The third-order valence-corrected chi connectivity index (χ3v) is 6.70. The summed E-state index contributed by atoms with van der Waals surface area (Å²) in [5.41, 5.74) is 0. The van der Waals surface area contributed by atoms with Crippen LogP contribution < -0.4 is 11.6 Å². The smallest absolute Gasteiger partial charge is 0.457 e. The van der Waals surface area contributed by atoms with Crippen molar-refractivity contribution >= 4 is 19.5 Å². The maximum Gasteiger partial charge on any atom is 0.519 e. The van der Waals surface area contributed by atoms with E-state index in [-0.39, 0.29) is 61.9 Å². The molecule has 0 spiro atoms. The molecule has 2 rings (SSSR count). The maximum absolute atomic E-state index is 13.0. The molecule has 2 aromatic heterocycles. The molecule has 1 unspecified atom stereocenters. The zero-order valence-electron chi connectivity index (χ0n) is 21.3. The van der Waals surface area contributed by atoms with Crippen molar-refractivity contribution in [3.05, 3.63) is 44.3 Å². The van der Waals surface area contributed by atoms with E-state index in [1.54, 1.807) is 13.8 Å². The van der Waals surface area contributed by atoms with Crippen LogP contribution in [0.15, 0.2) is 27.3 Å². The Kier molecular flexibility index (Phi) is 13.2. The van der Waals surface area contributed by atoms with Gasteiger partial charge < -0.3 is 36.2 Å². The van der Waals surface area contributed by atoms with Gasteiger partial charge in [-0.1, -0.05) is 13.8 Å². The second kappa shape index (κ2) is 15.3. The first-order valence-electron chi connectivity index (χ1n) is 11.5. The second-order valence-corrected chi connectivity index (χ2v) is 9.10. The van der Waals surface area contributed by atoms with Gasteiger partial charge in [0.1, 0.15) is 0 Å². The summed E-state index contributed by atoms with van der Waals surface area (Å²) in [6, 6.07) is 0. The van der Waals surface area contributed by atoms with E-state index in [1.165, 1.54) is 13.8 Å². The van der Waals surface area contributed by atoms with E-state index >= 15 is 0 Å². The summed E-state index contributed by atoms with van der Waals surface area (Å²) in [5.74, 6) is -4.05. The molecule has 0 bridgehead atoms. The van der Waals surface area contributed by atoms with Crippen molar-refractivity contribution in [2.45, 2.75) is 67.6 Å². The van der Waals surface area contributed by atoms with E-state index in [4.69, 9.17) is 31.8 Å². The van der Waals surface area contributed by atoms with Crippen LogP contribution in [-0.2, 0) is 45.9 Å². The Balaban J connectivity index is 0.00000316. The SMILES string of the molecule is CC.CCOP(=O)(CC(CCC(=O)OCc1oc(=O)oc1C)C(=O)OCc1oc(=O)oc1C)OCC. The third kappa shape index (κ3) is 10.00. The van der Waals surface area contributed by atoms with Gasteiger partial charge in [0.2, 0.25) is 0 Å². The Labute approximate surface area is 207 Å². The van der Waals surface area contributed by atoms with Crippen LogP contribution in [0.1, 0.15) is 63.6 Å². The van der Waals surface area contributed by atoms with Gasteiger partial charge in [-0.15, -0.1) is 0 Å². The number of carbonyl (C=O) groups is 2. The Morgan fingerprint density at radius 2 is 1.31 bits per heavy atom. The van der Waals surface area contributed by atoms with Crippen LogP contribution in [0.5, 0.6) is 0 Å². The van der Waals surface area contributed by atoms with Gasteiger partial charge >= 0.3 is 31.2 Å². The average Bonchev–Trinajstić information content (AvgIpc) is 3.33. The molecule has 14 heteroatoms. The van der Waals surface area contributed by atoms with Crippen molar-refractivity contribution in [1.29, 1.82) is 0 Å². The summed E-state index contributed by atoms with van der Waals surface area (Å²) in [7, 11) is -3.66. The van der Waals surface area contributed by atoms with Gasteiger partial charge in [0.25, 0.3) is 0 Å². The molecule has 0 aliphatic heterocycles. The third-order valence-electron chi connectivity index (χ3n) is 4.51. The first-order valence-corrected chi connectivity index (χ1v) is 13.2. The molecule has 0 saturated heterocycles. The molecule has 0 N–H and O–H groups in total. The molecule has 0 aliphatic carbocycles. The minimum Gasteiger partial charge on any atom is -0.457 e. The molecular formula is C22H33O13P. The van der Waals surface area contributed by atoms with E-state index < -0.39 is 43.7 Å². The molecule has 0 aromatic carbocycles. The number of esters is 2. The highest BCUT2D eigenvalue weighted by atomic mass is 31.2. The summed E-state index contributed by atoms with van der Waals surface area (Å²) in [6.45, 7) is 9.61. The van der Waals surface area contributed by atoms with E-state index in [1.807, 2.05) is 13.8 Å². The predicted molar refractivity (Wildman–Crippen MR) is 123 cm³/mol. The van der Waals surface area contributed by atoms with Crippen LogP contribution >= 0.6 is 7.60 Å². The van der Waals surface area contributed by atoms with Crippen LogP contribution in [0.25, 0.3) is 0 Å². The predicted octanol–water partition coefficient (Wildman–Crippen LogP) is 3.87. The van der Waals surface area contributed by atoms with Gasteiger partial charge in [-0.25, -0.2) is 9.59 Å². The lowest BCUT2D eigenvalue weighted by molar-refractivity contribution is -0.151. The summed E-state index contributed by atoms with van der Waals surface area (Å²) >= 11 is 0. The van der Waals surface area contributed by atoms with E-state index in [0.29, 0.717) is 0 Å². The minimum atomic E-state index is -3.66. The number of rotatable bonds is 14. The lowest BCUT2D eigenvalue weighted by atomic mass is 10.1. The molecule has 36 heavy (non-hydrogen) atoms. The summed E-state index contributed by atoms with van der Waals surface area (Å²) < 4.78 is 52.6. The molecule has 1 atom stereocenters. The first kappa shape index (κ1) is 31.1. The highest BCUT2D eigenvalue weighted by molar-refractivity contribution is 7.53. The van der Waals surface area contributed by atoms with Crippen molar-refractivity contribution in [3.63, 3.8) is 0 Å². The molecule has 0 saturated carbocycles. The van der Waals surface area contributed by atoms with Crippen molar-refractivity contribution in [3.8, 4) is 0 Å². The number of hydrogen-bond donors (Lipinski definition) is 0. The second-order valence-electron chi connectivity index (χ2n) is 7.00. The average molecular weight is 536 g/mol. The molecule has 0 amide bonds. The lowest BCUT2D eigenvalue weighted by Crippen LogP contribution is -2.24. The topological polar surface area (TPSA) is 175 Å². The molecule has 0 fully saturated rings. The molecular weight excluding hydrogens is 503 g/mol. The number of ether oxygens (including phenoxy) is 2. The van der Waals surface area contributed by atoms with Gasteiger partial charge in [0, 0.05) is 6.42 Å². The van der Waals surface area contributed by atoms with Gasteiger partial charge in [-0.05, 0) is 34.1 Å². The van der Waals surface area contributed by atoms with E-state index in [9.17, 15) is 23.7 Å². The largest absolute Gasteiger partial charge is 0.519 e. The molecule has 2 aromatic rings. The lowest BCUT2D eigenvalue weighted by Gasteiger charge is -2.22. The molecule has 0 aliphatic rings. The van der Waals surface area contributed by atoms with Crippen LogP contribution in [0.4, 0.5) is 0 Å². The zero-order valence-corrected chi connectivity index (χ0v) is 22.2. The maximum atomic E-state index is 13.0. The van der Waals surface area contributed by atoms with Crippen molar-refractivity contribution in [2.24, 2.45) is 5.92 Å². The van der Waals surface area contributed by atoms with Crippen LogP contribution in [0.2, 0.25) is 0 Å². The quantitative estimate of drug-likeness (QED) is 0.251. The van der Waals surface area contributed by atoms with Crippen LogP contribution in [-0.4, -0.2) is 31.3 Å². The fraction of sp³-hybridized carbons (Fsp3) is 0.636. The Morgan fingerprint density at radius 1 is 0.833 bits per heavy atom. The van der Waals surface area contributed by atoms with Gasteiger partial charge in [0.15, 0.2) is 36.3 Å². The highest BCUT2D eigenvalue weighted by Gasteiger charge is 2.34. The molecule has 13 nitrogen and oxygen atoms in total. The minimum absolute atomic E-state index is 0.0197. The number of aryl methyl sites for hydroxylation is 2. The zero-order chi connectivity index (χ0) is 27.3. The van der Waals surface area contributed by atoms with Crippen LogP contribution in [0, 0.1) is 19.8 Å². The standard InChI is InChI=1S/C20H27O13P.C2H6/c1-5-28-34(25,29-6-2)11-14(18(22)27-10-16-13(4)31-20(24)33-16)7-8-17(21)26-9-15-12(3)30-19(23)32-15;1-2/h14H,5-11H2,1-4H3;1-2H3. The summed E-state index contributed by atoms with van der Waals surface area (Å²) in [4.78, 5) is 47.2. The van der Waals surface area contributed by atoms with Gasteiger partial charge in [-0.2, -0.15) is 0 Å². The van der Waals surface area contributed by atoms with Crippen LogP contribution in [0.3, 0.4) is 0 Å². The number of hydrogen-bond acceptors (Lipinski definition) is 13. The van der Waals surface area contributed by atoms with Crippen molar-refractivity contribution in [2.75, 3.05) is 19.4 Å². The normalized spacial score (nSPS) is 11.9. The summed E-state index contributed by atoms with van der Waals surface area (Å²) in [5, 5.41) is 0. The Hall–Kier alpha value is -2.89. The number of carbonyl (C=O) groups excluding carboxylic acids is 2. The van der Waals surface area contributed by atoms with Crippen molar-refractivity contribution < 1.29 is 50.3 Å². The fourth-order valence-electron chi connectivity index (χ4n) is 2.87. The molecule has 0 radical (unpaired) electrons. The van der Waals surface area contributed by atoms with Crippen molar-refractivity contribution in [1.82, 2.24) is 0 Å². The van der Waals surface area contributed by atoms with Gasteiger partial charge in [0.05, 0.1) is 25.3 Å². The Morgan fingerprint density at radius 3 is 1.72 bits per heavy atom. The van der Waals surface area contributed by atoms with Gasteiger partial charge in [-0.3, -0.25) is 14.2 Å². The first-order chi connectivity index (χ1) is 17.1. The van der Waals surface area contributed by atoms with E-state index in [2.05, 4.69) is 4.42 Å². The molecule has 2 heterocycles. The van der Waals surface area contributed by atoms with E-state index in [0.717, 1.165) is 0 Å². The monoisotopic (exact) mass is 536 g/mol. The summed E-state index contributed by atoms with van der Waals surface area (Å²) in [6.07, 6.45) is -0.700.